The monoisotopic (exact) mass is 266 g/mol. The summed E-state index contributed by atoms with van der Waals surface area (Å²) in [5.74, 6) is 0. The standard InChI is InChI=1S/C18H22N2/c1-15-14-19-12-13-20(15)18(16-8-4-2-5-9-16)17-10-6-3-7-11-17/h2-11,15,18-19H,12-14H2,1H3/t15-/m0/s1. The van der Waals surface area contributed by atoms with Gasteiger partial charge in [-0.3, -0.25) is 4.90 Å². The van der Waals surface area contributed by atoms with Crippen molar-refractivity contribution in [2.45, 2.75) is 19.0 Å². The Labute approximate surface area is 121 Å². The zero-order valence-electron chi connectivity index (χ0n) is 12.0. The lowest BCUT2D eigenvalue weighted by Gasteiger charge is -2.40. The van der Waals surface area contributed by atoms with Crippen molar-refractivity contribution in [1.82, 2.24) is 10.2 Å². The summed E-state index contributed by atoms with van der Waals surface area (Å²) in [4.78, 5) is 2.61. The molecule has 1 heterocycles. The Hall–Kier alpha value is -1.64. The van der Waals surface area contributed by atoms with Crippen LogP contribution in [0.1, 0.15) is 24.1 Å². The van der Waals surface area contributed by atoms with Crippen LogP contribution in [0.5, 0.6) is 0 Å². The van der Waals surface area contributed by atoms with E-state index >= 15 is 0 Å². The van der Waals surface area contributed by atoms with Crippen LogP contribution < -0.4 is 5.32 Å². The molecule has 2 aromatic carbocycles. The van der Waals surface area contributed by atoms with Gasteiger partial charge in [-0.15, -0.1) is 0 Å². The van der Waals surface area contributed by atoms with E-state index in [0.717, 1.165) is 19.6 Å². The SMILES string of the molecule is C[C@H]1CNCCN1C(c1ccccc1)c1ccccc1. The predicted molar refractivity (Wildman–Crippen MR) is 83.8 cm³/mol. The molecule has 3 rings (SSSR count). The van der Waals surface area contributed by atoms with Gasteiger partial charge in [-0.05, 0) is 18.1 Å². The first-order chi connectivity index (χ1) is 9.86. The highest BCUT2D eigenvalue weighted by Crippen LogP contribution is 2.30. The second-order valence-electron chi connectivity index (χ2n) is 5.51. The maximum Gasteiger partial charge on any atom is 0.0604 e. The van der Waals surface area contributed by atoms with Crippen LogP contribution in [-0.4, -0.2) is 30.6 Å². The Kier molecular flexibility index (Phi) is 4.14. The quantitative estimate of drug-likeness (QED) is 0.918. The van der Waals surface area contributed by atoms with Crippen molar-refractivity contribution in [3.63, 3.8) is 0 Å². The van der Waals surface area contributed by atoms with Gasteiger partial charge in [0.15, 0.2) is 0 Å². The maximum atomic E-state index is 3.48. The predicted octanol–water partition coefficient (Wildman–Crippen LogP) is 3.07. The molecule has 1 aliphatic heterocycles. The van der Waals surface area contributed by atoms with Gasteiger partial charge in [-0.1, -0.05) is 60.7 Å². The summed E-state index contributed by atoms with van der Waals surface area (Å²) < 4.78 is 0. The topological polar surface area (TPSA) is 15.3 Å². The lowest BCUT2D eigenvalue weighted by atomic mass is 9.95. The fraction of sp³-hybridized carbons (Fsp3) is 0.333. The highest BCUT2D eigenvalue weighted by molar-refractivity contribution is 5.32. The van der Waals surface area contributed by atoms with Crippen molar-refractivity contribution in [3.8, 4) is 0 Å². The van der Waals surface area contributed by atoms with E-state index in [2.05, 4.69) is 77.8 Å². The Bertz CT molecular complexity index is 484. The molecule has 2 aromatic rings. The van der Waals surface area contributed by atoms with E-state index in [-0.39, 0.29) is 0 Å². The highest BCUT2D eigenvalue weighted by atomic mass is 15.2. The van der Waals surface area contributed by atoms with E-state index in [1.165, 1.54) is 11.1 Å². The molecule has 0 aromatic heterocycles. The number of hydrogen-bond acceptors (Lipinski definition) is 2. The van der Waals surface area contributed by atoms with Crippen molar-refractivity contribution in [2.24, 2.45) is 0 Å². The van der Waals surface area contributed by atoms with Crippen LogP contribution in [0.3, 0.4) is 0 Å². The largest absolute Gasteiger partial charge is 0.314 e. The summed E-state index contributed by atoms with van der Waals surface area (Å²) in [5, 5.41) is 3.48. The molecule has 104 valence electrons. The normalized spacial score (nSPS) is 20.2. The second kappa shape index (κ2) is 6.21. The van der Waals surface area contributed by atoms with Crippen molar-refractivity contribution in [3.05, 3.63) is 71.8 Å². The molecule has 0 bridgehead atoms. The number of hydrogen-bond donors (Lipinski definition) is 1. The van der Waals surface area contributed by atoms with Crippen molar-refractivity contribution in [2.75, 3.05) is 19.6 Å². The third-order valence-electron chi connectivity index (χ3n) is 4.11. The number of nitrogens with zero attached hydrogens (tertiary/aromatic N) is 1. The van der Waals surface area contributed by atoms with Gasteiger partial charge < -0.3 is 5.32 Å². The molecule has 2 nitrogen and oxygen atoms in total. The van der Waals surface area contributed by atoms with Gasteiger partial charge in [-0.2, -0.15) is 0 Å². The minimum Gasteiger partial charge on any atom is -0.314 e. The Balaban J connectivity index is 1.99. The maximum absolute atomic E-state index is 3.48. The lowest BCUT2D eigenvalue weighted by molar-refractivity contribution is 0.137. The van der Waals surface area contributed by atoms with Gasteiger partial charge in [0, 0.05) is 25.7 Å². The number of rotatable bonds is 3. The fourth-order valence-electron chi connectivity index (χ4n) is 3.09. The van der Waals surface area contributed by atoms with Crippen LogP contribution in [0, 0.1) is 0 Å². The number of nitrogens with one attached hydrogen (secondary N) is 1. The first-order valence-corrected chi connectivity index (χ1v) is 7.42. The minimum absolute atomic E-state index is 0.356. The molecule has 1 N–H and O–H groups in total. The third-order valence-corrected chi connectivity index (χ3v) is 4.11. The molecular formula is C18H22N2. The number of piperazine rings is 1. The van der Waals surface area contributed by atoms with Crippen LogP contribution in [0.4, 0.5) is 0 Å². The van der Waals surface area contributed by atoms with Crippen molar-refractivity contribution in [1.29, 1.82) is 0 Å². The first kappa shape index (κ1) is 13.3. The van der Waals surface area contributed by atoms with E-state index < -0.39 is 0 Å². The Morgan fingerprint density at radius 3 is 2.00 bits per heavy atom. The molecule has 0 spiro atoms. The molecule has 20 heavy (non-hydrogen) atoms. The zero-order chi connectivity index (χ0) is 13.8. The minimum atomic E-state index is 0.356. The molecule has 1 saturated heterocycles. The summed E-state index contributed by atoms with van der Waals surface area (Å²) in [5.41, 5.74) is 2.76. The van der Waals surface area contributed by atoms with E-state index in [4.69, 9.17) is 0 Å². The molecular weight excluding hydrogens is 244 g/mol. The van der Waals surface area contributed by atoms with Crippen LogP contribution in [-0.2, 0) is 0 Å². The van der Waals surface area contributed by atoms with Crippen LogP contribution in [0.15, 0.2) is 60.7 Å². The van der Waals surface area contributed by atoms with Gasteiger partial charge >= 0.3 is 0 Å². The molecule has 1 aliphatic rings. The molecule has 0 saturated carbocycles. The van der Waals surface area contributed by atoms with Crippen LogP contribution in [0.25, 0.3) is 0 Å². The molecule has 1 atom stereocenters. The zero-order valence-corrected chi connectivity index (χ0v) is 12.0. The molecule has 0 radical (unpaired) electrons. The molecule has 1 fully saturated rings. The summed E-state index contributed by atoms with van der Waals surface area (Å²) in [6.07, 6.45) is 0. The average Bonchev–Trinajstić information content (AvgIpc) is 2.52. The first-order valence-electron chi connectivity index (χ1n) is 7.42. The van der Waals surface area contributed by atoms with Gasteiger partial charge in [0.25, 0.3) is 0 Å². The highest BCUT2D eigenvalue weighted by Gasteiger charge is 2.27. The third kappa shape index (κ3) is 2.77. The van der Waals surface area contributed by atoms with Gasteiger partial charge in [0.2, 0.25) is 0 Å². The molecule has 0 unspecified atom stereocenters. The summed E-state index contributed by atoms with van der Waals surface area (Å²) in [6.45, 7) is 5.54. The summed E-state index contributed by atoms with van der Waals surface area (Å²) in [6, 6.07) is 22.6. The fourth-order valence-corrected chi connectivity index (χ4v) is 3.09. The van der Waals surface area contributed by atoms with Crippen molar-refractivity contribution >= 4 is 0 Å². The Morgan fingerprint density at radius 1 is 0.950 bits per heavy atom. The van der Waals surface area contributed by atoms with E-state index in [0.29, 0.717) is 12.1 Å². The van der Waals surface area contributed by atoms with Crippen LogP contribution >= 0.6 is 0 Å². The average molecular weight is 266 g/mol. The molecule has 2 heteroatoms. The summed E-state index contributed by atoms with van der Waals surface area (Å²) >= 11 is 0. The van der Waals surface area contributed by atoms with E-state index in [1.54, 1.807) is 0 Å². The van der Waals surface area contributed by atoms with E-state index in [1.807, 2.05) is 0 Å². The summed E-state index contributed by atoms with van der Waals surface area (Å²) in [7, 11) is 0. The molecule has 0 aliphatic carbocycles. The van der Waals surface area contributed by atoms with Gasteiger partial charge in [-0.25, -0.2) is 0 Å². The number of benzene rings is 2. The molecule has 0 amide bonds. The van der Waals surface area contributed by atoms with Gasteiger partial charge in [0.05, 0.1) is 6.04 Å². The van der Waals surface area contributed by atoms with Crippen LogP contribution in [0.2, 0.25) is 0 Å². The van der Waals surface area contributed by atoms with E-state index in [9.17, 15) is 0 Å². The smallest absolute Gasteiger partial charge is 0.0604 e. The van der Waals surface area contributed by atoms with Gasteiger partial charge in [0.1, 0.15) is 0 Å². The lowest BCUT2D eigenvalue weighted by Crippen LogP contribution is -2.51. The second-order valence-corrected chi connectivity index (χ2v) is 5.51. The Morgan fingerprint density at radius 2 is 1.50 bits per heavy atom. The van der Waals surface area contributed by atoms with Crippen molar-refractivity contribution < 1.29 is 0 Å².